The fraction of sp³-hybridized carbons (Fsp3) is 0.506. The smallest absolute Gasteiger partial charge is 1.00 e. The van der Waals surface area contributed by atoms with Gasteiger partial charge >= 0.3 is 101 Å². The molecule has 0 radical (unpaired) electrons. The molecule has 0 atom stereocenters. The van der Waals surface area contributed by atoms with Gasteiger partial charge in [-0.05, 0) is 245 Å². The average Bonchev–Trinajstić information content (AvgIpc) is 0.755. The van der Waals surface area contributed by atoms with Crippen molar-refractivity contribution in [2.45, 2.75) is 207 Å². The van der Waals surface area contributed by atoms with Gasteiger partial charge in [-0.3, -0.25) is 33.6 Å². The summed E-state index contributed by atoms with van der Waals surface area (Å²) < 4.78 is 64.8. The number of anilines is 2. The van der Waals surface area contributed by atoms with E-state index in [1.807, 2.05) is 47.8 Å². The summed E-state index contributed by atoms with van der Waals surface area (Å²) in [6.45, 7) is 30.0. The van der Waals surface area contributed by atoms with Crippen molar-refractivity contribution in [2.75, 3.05) is 56.4 Å². The molecule has 129 heavy (non-hydrogen) atoms. The number of nitrogens with zero attached hydrogens (tertiary/aromatic N) is 16. The minimum atomic E-state index is -4.64. The van der Waals surface area contributed by atoms with Crippen LogP contribution in [0.4, 0.5) is 24.8 Å². The topological polar surface area (TPSA) is 468 Å². The molecule has 0 unspecified atom stereocenters. The number of rotatable bonds is 27. The zero-order valence-electron chi connectivity index (χ0n) is 76.9. The Balaban J connectivity index is -0.000000805. The average molecular weight is 2080 g/mol. The van der Waals surface area contributed by atoms with E-state index in [9.17, 15) is 41.9 Å². The Labute approximate surface area is 857 Å². The summed E-state index contributed by atoms with van der Waals surface area (Å²) in [6.07, 6.45) is -2.13. The van der Waals surface area contributed by atoms with Crippen molar-refractivity contribution < 1.29 is 137 Å². The molecule has 50 heteroatoms. The molecule has 8 aromatic heterocycles. The standard InChI is InChI=1S/C32H44Cl2N4O8S.C15H21ClN2O4.C12H12Cl2N4S.C12H16N6S.C4H2Cl2N2.C2H4Cl2S.C2HF3O.H3N.2Na.2H/c1-27(2,3)43-23(39)31(24(40)44-28(4,5)6,19-13-15-21(33)37-35-19)17-47-18-32(25(41)45-29(7,8)9,26(42)46-30(10,11)12)20-14-16-22(34)38-36-20;1-14(2,3)21-12(19)11(13(20)22-15(4,5)6)9-7-8-10(16)18-17-9;2*13-11-3-1-9(15-17-11)5-7-19-8-6-10-2-4-12(14)18-16-10;5-3-1-2-4(6)8-7-3;3-1-5-2-4;3-2(4,5)1-6;;;;;/h13-16H,17-18H2,1-12H3;7-8,11H,1-6H3;1-4H,5-8H2;1-4H,5-8H2,(H2,13,17)(H2,14,18);1-2H;1-2H2;1H;1H3;;;;/q;;;;;;;;2*+1;2*-1. The van der Waals surface area contributed by atoms with Crippen molar-refractivity contribution >= 4 is 205 Å². The molecule has 0 aromatic carbocycles. The number of nitrogens with two attached hydrogens (primary N) is 2. The van der Waals surface area contributed by atoms with Crippen LogP contribution in [0.5, 0.6) is 0 Å². The SMILES string of the molecule is CC(C)(C)OC(=O)C(C(=O)OC(C)(C)C)c1ccc(Cl)nn1.CC(C)(C)OC(=O)C(CSCC(C(=O)OC(C)(C)C)(C(=O)OC(C)(C)C)c1ccc(Cl)nn1)(C(=O)OC(C)(C)C)c1ccc(Cl)nn1.ClCSCCl.Clc1ccc(CCSCCc2ccc(Cl)nn2)nn1.Clc1ccc(Cl)nn1.N.Nc1ccc(CCSCCc2ccc(N)nn2)nn1.O=CC(F)(F)F.[H-].[H-].[Na+].[Na+]. The van der Waals surface area contributed by atoms with Crippen LogP contribution in [0.2, 0.25) is 36.1 Å². The molecule has 32 nitrogen and oxygen atoms in total. The summed E-state index contributed by atoms with van der Waals surface area (Å²) in [5, 5.41) is 64.6. The van der Waals surface area contributed by atoms with Crippen molar-refractivity contribution in [1.29, 1.82) is 0 Å². The van der Waals surface area contributed by atoms with E-state index in [4.69, 9.17) is 149 Å². The Hall–Kier alpha value is -5.51. The van der Waals surface area contributed by atoms with Crippen LogP contribution in [0.25, 0.3) is 0 Å². The van der Waals surface area contributed by atoms with Gasteiger partial charge in [-0.25, -0.2) is 0 Å². The minimum absolute atomic E-state index is 0. The number of halogens is 12. The number of aldehydes is 1. The second-order valence-electron chi connectivity index (χ2n) is 31.7. The van der Waals surface area contributed by atoms with Gasteiger partial charge in [0.15, 0.2) is 42.0 Å². The van der Waals surface area contributed by atoms with Gasteiger partial charge in [0.25, 0.3) is 0 Å². The van der Waals surface area contributed by atoms with E-state index in [0.29, 0.717) is 42.7 Å². The van der Waals surface area contributed by atoms with E-state index in [-0.39, 0.29) is 101 Å². The predicted molar refractivity (Wildman–Crippen MR) is 497 cm³/mol. The number of aromatic nitrogens is 16. The van der Waals surface area contributed by atoms with E-state index in [1.54, 1.807) is 161 Å². The fourth-order valence-electron chi connectivity index (χ4n) is 8.61. The Morgan fingerprint density at radius 2 is 0.581 bits per heavy atom. The first-order valence-electron chi connectivity index (χ1n) is 37.5. The third kappa shape index (κ3) is 54.0. The number of ether oxygens (including phenoxy) is 6. The summed E-state index contributed by atoms with van der Waals surface area (Å²) in [5.74, 6) is -2.69. The number of aryl methyl sites for hydroxylation is 4. The van der Waals surface area contributed by atoms with Gasteiger partial charge in [0.2, 0.25) is 17.1 Å². The van der Waals surface area contributed by atoms with Crippen molar-refractivity contribution in [3.63, 3.8) is 0 Å². The molecule has 8 heterocycles. The maximum atomic E-state index is 14.1. The first-order valence-corrected chi connectivity index (χ1v) is 45.8. The number of alkyl halides is 5. The van der Waals surface area contributed by atoms with Crippen LogP contribution in [-0.2, 0) is 98.5 Å². The summed E-state index contributed by atoms with van der Waals surface area (Å²) in [7, 11) is 0. The van der Waals surface area contributed by atoms with E-state index >= 15 is 0 Å². The number of hydrogen-bond acceptors (Lipinski definition) is 36. The summed E-state index contributed by atoms with van der Waals surface area (Å²) in [4.78, 5) is 90.0. The Morgan fingerprint density at radius 1 is 0.349 bits per heavy atom. The summed E-state index contributed by atoms with van der Waals surface area (Å²) in [6, 6.07) is 26.2. The van der Waals surface area contributed by atoms with Crippen LogP contribution in [0.15, 0.2) is 97.1 Å². The van der Waals surface area contributed by atoms with E-state index in [2.05, 4.69) is 81.6 Å². The van der Waals surface area contributed by atoms with Gasteiger partial charge in [-0.1, -0.05) is 81.2 Å². The number of nitrogen functional groups attached to an aromatic ring is 2. The molecule has 0 aliphatic heterocycles. The van der Waals surface area contributed by atoms with E-state index < -0.39 is 110 Å². The van der Waals surface area contributed by atoms with Crippen LogP contribution in [0.1, 0.15) is 173 Å². The first kappa shape index (κ1) is 126. The van der Waals surface area contributed by atoms with Crippen LogP contribution in [-0.4, -0.2) is 208 Å². The van der Waals surface area contributed by atoms with Crippen LogP contribution in [0.3, 0.4) is 0 Å². The molecule has 0 amide bonds. The molecule has 0 aliphatic carbocycles. The summed E-state index contributed by atoms with van der Waals surface area (Å²) >= 11 is 56.3. The Morgan fingerprint density at radius 3 is 0.775 bits per heavy atom. The molecule has 0 bridgehead atoms. The van der Waals surface area contributed by atoms with Crippen LogP contribution < -0.4 is 76.7 Å². The van der Waals surface area contributed by atoms with Crippen LogP contribution >= 0.6 is 151 Å². The quantitative estimate of drug-likeness (QED) is 0.00818. The molecular weight excluding hydrogens is 1970 g/mol. The molecule has 0 saturated carbocycles. The third-order valence-electron chi connectivity index (χ3n) is 13.8. The number of esters is 6. The Bertz CT molecular complexity index is 4260. The zero-order chi connectivity index (χ0) is 95.7. The normalized spacial score (nSPS) is 11.4. The molecule has 0 saturated heterocycles. The molecule has 7 N–H and O–H groups in total. The minimum Gasteiger partial charge on any atom is -1.00 e. The number of hydrogen-bond donors (Lipinski definition) is 3. The zero-order valence-corrected chi connectivity index (χ0v) is 88.9. The second-order valence-corrected chi connectivity index (χ2v) is 40.0. The van der Waals surface area contributed by atoms with Crippen molar-refractivity contribution in [3.05, 3.63) is 173 Å². The Kier molecular flexibility index (Phi) is 59.1. The maximum absolute atomic E-state index is 14.1. The molecular formula is C79H105Cl9F3N19Na2O13S4. The van der Waals surface area contributed by atoms with Gasteiger partial charge in [0.1, 0.15) is 45.2 Å². The number of carbonyl (C=O) groups is 7. The molecule has 8 rings (SSSR count). The molecule has 704 valence electrons. The molecule has 0 fully saturated rings. The van der Waals surface area contributed by atoms with Gasteiger partial charge in [-0.2, -0.15) is 84.1 Å². The van der Waals surface area contributed by atoms with Gasteiger partial charge in [-0.15, -0.1) is 80.9 Å². The third-order valence-corrected chi connectivity index (χ3v) is 19.6. The van der Waals surface area contributed by atoms with Gasteiger partial charge in [0, 0.05) is 37.2 Å². The van der Waals surface area contributed by atoms with E-state index in [0.717, 1.165) is 83.2 Å². The molecule has 0 aliphatic rings. The number of carbonyl (C=O) groups excluding carboxylic acids is 7. The summed E-state index contributed by atoms with van der Waals surface area (Å²) in [5.41, 5.74) is 4.61. The van der Waals surface area contributed by atoms with Crippen molar-refractivity contribution in [2.24, 2.45) is 0 Å². The second kappa shape index (κ2) is 60.8. The largest absolute Gasteiger partial charge is 1.00 e. The fourth-order valence-corrected chi connectivity index (χ4v) is 13.4. The molecule has 8 aromatic rings. The van der Waals surface area contributed by atoms with Crippen LogP contribution in [0, 0.1) is 0 Å². The van der Waals surface area contributed by atoms with E-state index in [1.165, 1.54) is 48.2 Å². The first-order chi connectivity index (χ1) is 58.3. The maximum Gasteiger partial charge on any atom is 1.00 e. The van der Waals surface area contributed by atoms with Gasteiger partial charge < -0.3 is 48.9 Å². The predicted octanol–water partition coefficient (Wildman–Crippen LogP) is 11.8. The number of thioether (sulfide) groups is 4. The monoisotopic (exact) mass is 2070 g/mol. The van der Waals surface area contributed by atoms with Crippen molar-refractivity contribution in [3.8, 4) is 0 Å². The van der Waals surface area contributed by atoms with Crippen molar-refractivity contribution in [1.82, 2.24) is 87.7 Å². The molecule has 0 spiro atoms. The van der Waals surface area contributed by atoms with Gasteiger partial charge in [0.05, 0.1) is 50.3 Å².